The quantitative estimate of drug-likeness (QED) is 0.540. The van der Waals surface area contributed by atoms with E-state index in [2.05, 4.69) is 29.6 Å². The standard InChI is InChI=1S/C28H34N2O5/c1-18(2)30(15-7-12-26(31)32)27(33)19-13-14-20(16-19)29-28(34)35-17-25-23-10-5-3-8-21(23)22-9-4-6-11-24(22)25/h3-6,8-11,18-20,25H,7,12-17H2,1-2H3,(H,29,34)(H,31,32). The minimum atomic E-state index is -0.852. The van der Waals surface area contributed by atoms with Crippen molar-refractivity contribution in [2.75, 3.05) is 13.2 Å². The Balaban J connectivity index is 1.29. The molecule has 0 aromatic heterocycles. The van der Waals surface area contributed by atoms with Crippen molar-refractivity contribution in [1.29, 1.82) is 0 Å². The fraction of sp³-hybridized carbons (Fsp3) is 0.464. The first-order chi connectivity index (χ1) is 16.8. The predicted octanol–water partition coefficient (Wildman–Crippen LogP) is 4.80. The van der Waals surface area contributed by atoms with Crippen LogP contribution in [0.2, 0.25) is 0 Å². The van der Waals surface area contributed by atoms with Gasteiger partial charge in [-0.15, -0.1) is 0 Å². The molecule has 0 radical (unpaired) electrons. The van der Waals surface area contributed by atoms with E-state index in [9.17, 15) is 14.4 Å². The van der Waals surface area contributed by atoms with Gasteiger partial charge in [-0.1, -0.05) is 48.5 Å². The number of fused-ring (bicyclic) bond motifs is 3. The SMILES string of the molecule is CC(C)N(CCCC(=O)O)C(=O)C1CCC(NC(=O)OCC2c3ccccc3-c3ccccc32)C1. The number of nitrogens with zero attached hydrogens (tertiary/aromatic N) is 1. The first-order valence-electron chi connectivity index (χ1n) is 12.5. The highest BCUT2D eigenvalue weighted by atomic mass is 16.5. The van der Waals surface area contributed by atoms with E-state index in [1.54, 1.807) is 4.90 Å². The van der Waals surface area contributed by atoms with Crippen LogP contribution in [0.4, 0.5) is 4.79 Å². The Hall–Kier alpha value is -3.35. The number of carbonyl (C=O) groups excluding carboxylic acids is 2. The summed E-state index contributed by atoms with van der Waals surface area (Å²) >= 11 is 0. The second-order valence-corrected chi connectivity index (χ2v) is 9.80. The number of carboxylic acid groups (broad SMARTS) is 1. The van der Waals surface area contributed by atoms with E-state index in [1.807, 2.05) is 38.1 Å². The van der Waals surface area contributed by atoms with Gasteiger partial charge in [0, 0.05) is 36.9 Å². The van der Waals surface area contributed by atoms with Gasteiger partial charge >= 0.3 is 12.1 Å². The van der Waals surface area contributed by atoms with Crippen molar-refractivity contribution < 1.29 is 24.2 Å². The van der Waals surface area contributed by atoms with Crippen molar-refractivity contribution in [3.8, 4) is 11.1 Å². The molecule has 0 aliphatic heterocycles. The number of alkyl carbamates (subject to hydrolysis) is 1. The molecule has 0 heterocycles. The number of hydrogen-bond donors (Lipinski definition) is 2. The first kappa shape index (κ1) is 24.8. The van der Waals surface area contributed by atoms with Gasteiger partial charge in [0.05, 0.1) is 0 Å². The Bertz CT molecular complexity index is 1040. The molecule has 1 fully saturated rings. The third-order valence-electron chi connectivity index (χ3n) is 7.14. The molecule has 2 N–H and O–H groups in total. The molecule has 2 atom stereocenters. The lowest BCUT2D eigenvalue weighted by Gasteiger charge is -2.29. The highest BCUT2D eigenvalue weighted by Crippen LogP contribution is 2.44. The van der Waals surface area contributed by atoms with Gasteiger partial charge in [0.25, 0.3) is 0 Å². The number of rotatable bonds is 9. The number of amides is 2. The summed E-state index contributed by atoms with van der Waals surface area (Å²) in [4.78, 5) is 38.3. The Morgan fingerprint density at radius 3 is 2.26 bits per heavy atom. The van der Waals surface area contributed by atoms with Gasteiger partial charge in [0.1, 0.15) is 6.61 Å². The maximum atomic E-state index is 13.1. The summed E-state index contributed by atoms with van der Waals surface area (Å²) in [5, 5.41) is 11.8. The molecule has 2 aliphatic carbocycles. The van der Waals surface area contributed by atoms with E-state index in [1.165, 1.54) is 22.3 Å². The fourth-order valence-corrected chi connectivity index (χ4v) is 5.40. The molecule has 2 aliphatic rings. The average molecular weight is 479 g/mol. The normalized spacial score (nSPS) is 18.7. The third-order valence-corrected chi connectivity index (χ3v) is 7.14. The van der Waals surface area contributed by atoms with Crippen LogP contribution in [0.1, 0.15) is 63.0 Å². The fourth-order valence-electron chi connectivity index (χ4n) is 5.40. The number of benzene rings is 2. The van der Waals surface area contributed by atoms with Gasteiger partial charge in [-0.2, -0.15) is 0 Å². The zero-order valence-electron chi connectivity index (χ0n) is 20.4. The van der Waals surface area contributed by atoms with Gasteiger partial charge in [-0.25, -0.2) is 4.79 Å². The number of nitrogens with one attached hydrogen (secondary N) is 1. The summed E-state index contributed by atoms with van der Waals surface area (Å²) in [6, 6.07) is 16.4. The summed E-state index contributed by atoms with van der Waals surface area (Å²) in [5.41, 5.74) is 4.72. The number of aliphatic carboxylic acids is 1. The summed E-state index contributed by atoms with van der Waals surface area (Å²) in [7, 11) is 0. The lowest BCUT2D eigenvalue weighted by Crippen LogP contribution is -2.42. The number of carbonyl (C=O) groups is 3. The summed E-state index contributed by atoms with van der Waals surface area (Å²) in [6.07, 6.45) is 2.04. The predicted molar refractivity (Wildman–Crippen MR) is 133 cm³/mol. The van der Waals surface area contributed by atoms with E-state index >= 15 is 0 Å². The van der Waals surface area contributed by atoms with E-state index in [0.29, 0.717) is 25.8 Å². The molecule has 4 rings (SSSR count). The van der Waals surface area contributed by atoms with Gasteiger partial charge in [0.15, 0.2) is 0 Å². The van der Waals surface area contributed by atoms with Crippen LogP contribution >= 0.6 is 0 Å². The summed E-state index contributed by atoms with van der Waals surface area (Å²) < 4.78 is 5.66. The average Bonchev–Trinajstić information content (AvgIpc) is 3.42. The van der Waals surface area contributed by atoms with Gasteiger partial charge in [-0.05, 0) is 61.8 Å². The van der Waals surface area contributed by atoms with Gasteiger partial charge < -0.3 is 20.1 Å². The maximum absolute atomic E-state index is 13.1. The van der Waals surface area contributed by atoms with E-state index in [0.717, 1.165) is 6.42 Å². The molecule has 7 heteroatoms. The molecule has 2 amide bonds. The molecule has 2 aromatic carbocycles. The summed E-state index contributed by atoms with van der Waals surface area (Å²) in [6.45, 7) is 4.59. The lowest BCUT2D eigenvalue weighted by molar-refractivity contribution is -0.140. The molecular formula is C28H34N2O5. The van der Waals surface area contributed by atoms with Crippen LogP contribution in [0, 0.1) is 5.92 Å². The van der Waals surface area contributed by atoms with Crippen molar-refractivity contribution in [3.63, 3.8) is 0 Å². The Kier molecular flexibility index (Phi) is 7.73. The highest BCUT2D eigenvalue weighted by molar-refractivity contribution is 5.80. The van der Waals surface area contributed by atoms with E-state index < -0.39 is 12.1 Å². The van der Waals surface area contributed by atoms with E-state index in [4.69, 9.17) is 9.84 Å². The Morgan fingerprint density at radius 1 is 1.03 bits per heavy atom. The van der Waals surface area contributed by atoms with Crippen molar-refractivity contribution in [2.45, 2.75) is 64.0 Å². The molecule has 35 heavy (non-hydrogen) atoms. The second-order valence-electron chi connectivity index (χ2n) is 9.80. The van der Waals surface area contributed by atoms with Crippen molar-refractivity contribution >= 4 is 18.0 Å². The topological polar surface area (TPSA) is 95.9 Å². The van der Waals surface area contributed by atoms with Crippen molar-refractivity contribution in [1.82, 2.24) is 10.2 Å². The number of hydrogen-bond acceptors (Lipinski definition) is 4. The number of carboxylic acids is 1. The zero-order chi connectivity index (χ0) is 24.9. The largest absolute Gasteiger partial charge is 0.481 e. The third kappa shape index (κ3) is 5.66. The molecular weight excluding hydrogens is 444 g/mol. The van der Waals surface area contributed by atoms with Crippen LogP contribution in [0.25, 0.3) is 11.1 Å². The molecule has 1 saturated carbocycles. The molecule has 0 spiro atoms. The van der Waals surface area contributed by atoms with Gasteiger partial charge in [0.2, 0.25) is 5.91 Å². The zero-order valence-corrected chi connectivity index (χ0v) is 20.4. The summed E-state index contributed by atoms with van der Waals surface area (Å²) in [5.74, 6) is -0.964. The van der Waals surface area contributed by atoms with Crippen LogP contribution in [0.5, 0.6) is 0 Å². The lowest BCUT2D eigenvalue weighted by atomic mass is 9.98. The van der Waals surface area contributed by atoms with Crippen LogP contribution in [0.3, 0.4) is 0 Å². The minimum absolute atomic E-state index is 0.00503. The van der Waals surface area contributed by atoms with Gasteiger partial charge in [-0.3, -0.25) is 9.59 Å². The molecule has 186 valence electrons. The van der Waals surface area contributed by atoms with Crippen LogP contribution in [-0.2, 0) is 14.3 Å². The van der Waals surface area contributed by atoms with Crippen LogP contribution < -0.4 is 5.32 Å². The second kappa shape index (κ2) is 10.9. The monoisotopic (exact) mass is 478 g/mol. The van der Waals surface area contributed by atoms with Crippen LogP contribution in [-0.4, -0.2) is 53.2 Å². The number of ether oxygens (including phenoxy) is 1. The smallest absolute Gasteiger partial charge is 0.407 e. The molecule has 0 bridgehead atoms. The molecule has 7 nitrogen and oxygen atoms in total. The highest BCUT2D eigenvalue weighted by Gasteiger charge is 2.35. The van der Waals surface area contributed by atoms with Crippen LogP contribution in [0.15, 0.2) is 48.5 Å². The first-order valence-corrected chi connectivity index (χ1v) is 12.5. The Labute approximate surface area is 206 Å². The Morgan fingerprint density at radius 2 is 1.66 bits per heavy atom. The van der Waals surface area contributed by atoms with Crippen molar-refractivity contribution in [3.05, 3.63) is 59.7 Å². The molecule has 0 saturated heterocycles. The minimum Gasteiger partial charge on any atom is -0.481 e. The van der Waals surface area contributed by atoms with E-state index in [-0.39, 0.29) is 42.9 Å². The molecule has 2 unspecified atom stereocenters. The maximum Gasteiger partial charge on any atom is 0.407 e. The van der Waals surface area contributed by atoms with Crippen molar-refractivity contribution in [2.24, 2.45) is 5.92 Å². The molecule has 2 aromatic rings.